The van der Waals surface area contributed by atoms with Crippen molar-refractivity contribution in [2.45, 2.75) is 64.0 Å². The van der Waals surface area contributed by atoms with E-state index in [9.17, 15) is 4.79 Å². The molecule has 0 radical (unpaired) electrons. The fraction of sp³-hybridized carbons (Fsp3) is 0.929. The predicted octanol–water partition coefficient (Wildman–Crippen LogP) is 2.17. The molecule has 2 atom stereocenters. The second-order valence-corrected chi connectivity index (χ2v) is 5.81. The molecule has 1 N–H and O–H groups in total. The van der Waals surface area contributed by atoms with Gasteiger partial charge in [-0.15, -0.1) is 0 Å². The molecule has 2 rings (SSSR count). The van der Waals surface area contributed by atoms with E-state index in [2.05, 4.69) is 17.1 Å². The van der Waals surface area contributed by atoms with Gasteiger partial charge in [0, 0.05) is 12.6 Å². The summed E-state index contributed by atoms with van der Waals surface area (Å²) in [4.78, 5) is 14.7. The molecule has 0 aromatic carbocycles. The van der Waals surface area contributed by atoms with E-state index in [-0.39, 0.29) is 6.04 Å². The molecule has 2 fully saturated rings. The summed E-state index contributed by atoms with van der Waals surface area (Å²) < 4.78 is 0. The maximum Gasteiger partial charge on any atom is 0.239 e. The molecule has 1 amide bonds. The van der Waals surface area contributed by atoms with Gasteiger partial charge in [0.15, 0.2) is 0 Å². The van der Waals surface area contributed by atoms with Crippen LogP contribution in [0.15, 0.2) is 0 Å². The van der Waals surface area contributed by atoms with Crippen molar-refractivity contribution >= 4 is 5.91 Å². The van der Waals surface area contributed by atoms with Gasteiger partial charge in [0.1, 0.15) is 0 Å². The first-order chi connectivity index (χ1) is 8.22. The van der Waals surface area contributed by atoms with Crippen molar-refractivity contribution in [3.8, 4) is 0 Å². The summed E-state index contributed by atoms with van der Waals surface area (Å²) in [5, 5.41) is 3.19. The lowest BCUT2D eigenvalue weighted by atomic mass is 9.93. The highest BCUT2D eigenvalue weighted by Gasteiger charge is 2.33. The number of carbonyl (C=O) groups is 1. The van der Waals surface area contributed by atoms with Crippen LogP contribution in [0.3, 0.4) is 0 Å². The van der Waals surface area contributed by atoms with Crippen LogP contribution in [0.1, 0.15) is 51.9 Å². The van der Waals surface area contributed by atoms with Gasteiger partial charge in [-0.05, 0) is 38.6 Å². The quantitative estimate of drug-likeness (QED) is 0.799. The zero-order valence-corrected chi connectivity index (χ0v) is 11.2. The van der Waals surface area contributed by atoms with E-state index in [1.165, 1.54) is 38.5 Å². The van der Waals surface area contributed by atoms with Crippen molar-refractivity contribution in [1.29, 1.82) is 0 Å². The topological polar surface area (TPSA) is 32.3 Å². The fourth-order valence-corrected chi connectivity index (χ4v) is 3.28. The van der Waals surface area contributed by atoms with Gasteiger partial charge in [0.25, 0.3) is 0 Å². The Hall–Kier alpha value is -0.570. The van der Waals surface area contributed by atoms with Crippen LogP contribution in [0.4, 0.5) is 0 Å². The highest BCUT2D eigenvalue weighted by Crippen LogP contribution is 2.27. The Morgan fingerprint density at radius 2 is 1.82 bits per heavy atom. The molecule has 17 heavy (non-hydrogen) atoms. The molecule has 1 aliphatic carbocycles. The molecular weight excluding hydrogens is 212 g/mol. The minimum atomic E-state index is 0.0573. The zero-order valence-electron chi connectivity index (χ0n) is 11.2. The van der Waals surface area contributed by atoms with Gasteiger partial charge in [0.2, 0.25) is 5.91 Å². The van der Waals surface area contributed by atoms with Gasteiger partial charge >= 0.3 is 0 Å². The molecule has 98 valence electrons. The van der Waals surface area contributed by atoms with E-state index in [0.717, 1.165) is 13.0 Å². The standard InChI is InChI=1S/C14H26N2O/c1-11-8-9-13(15-2)14(17)16(10-11)12-6-4-3-5-7-12/h11-13,15H,3-10H2,1-2H3. The van der Waals surface area contributed by atoms with Gasteiger partial charge in [-0.1, -0.05) is 26.2 Å². The molecule has 0 spiro atoms. The Kier molecular flexibility index (Phi) is 4.43. The van der Waals surface area contributed by atoms with E-state index >= 15 is 0 Å². The van der Waals surface area contributed by atoms with Crippen molar-refractivity contribution < 1.29 is 4.79 Å². The van der Waals surface area contributed by atoms with E-state index < -0.39 is 0 Å². The third kappa shape index (κ3) is 3.01. The molecule has 1 heterocycles. The normalized spacial score (nSPS) is 32.6. The van der Waals surface area contributed by atoms with Crippen LogP contribution in [0.2, 0.25) is 0 Å². The maximum atomic E-state index is 12.5. The third-order valence-corrected chi connectivity index (χ3v) is 4.40. The lowest BCUT2D eigenvalue weighted by molar-refractivity contribution is -0.136. The van der Waals surface area contributed by atoms with E-state index in [1.807, 2.05) is 7.05 Å². The monoisotopic (exact) mass is 238 g/mol. The number of hydrogen-bond acceptors (Lipinski definition) is 2. The summed E-state index contributed by atoms with van der Waals surface area (Å²) in [6.07, 6.45) is 8.55. The Bertz CT molecular complexity index is 261. The van der Waals surface area contributed by atoms with Crippen LogP contribution in [-0.4, -0.2) is 36.5 Å². The number of nitrogens with one attached hydrogen (secondary N) is 1. The Labute approximate surface area is 105 Å². The van der Waals surface area contributed by atoms with Crippen molar-refractivity contribution in [2.24, 2.45) is 5.92 Å². The molecule has 1 aliphatic heterocycles. The summed E-state index contributed by atoms with van der Waals surface area (Å²) in [6.45, 7) is 3.25. The number of hydrogen-bond donors (Lipinski definition) is 1. The molecule has 1 saturated carbocycles. The van der Waals surface area contributed by atoms with E-state index in [4.69, 9.17) is 0 Å². The molecular formula is C14H26N2O. The van der Waals surface area contributed by atoms with Crippen molar-refractivity contribution in [3.05, 3.63) is 0 Å². The van der Waals surface area contributed by atoms with Gasteiger partial charge in [0.05, 0.1) is 6.04 Å². The van der Waals surface area contributed by atoms with Crippen LogP contribution in [0.25, 0.3) is 0 Å². The van der Waals surface area contributed by atoms with Crippen molar-refractivity contribution in [3.63, 3.8) is 0 Å². The Balaban J connectivity index is 2.07. The number of amides is 1. The van der Waals surface area contributed by atoms with Crippen LogP contribution < -0.4 is 5.32 Å². The molecule has 0 aromatic rings. The fourth-order valence-electron chi connectivity index (χ4n) is 3.28. The molecule has 2 unspecified atom stereocenters. The number of nitrogens with zero attached hydrogens (tertiary/aromatic N) is 1. The summed E-state index contributed by atoms with van der Waals surface area (Å²) in [5.74, 6) is 1.00. The summed E-state index contributed by atoms with van der Waals surface area (Å²) in [7, 11) is 1.91. The van der Waals surface area contributed by atoms with Crippen LogP contribution in [0, 0.1) is 5.92 Å². The average Bonchev–Trinajstić information content (AvgIpc) is 2.50. The highest BCUT2D eigenvalue weighted by atomic mass is 16.2. The molecule has 1 saturated heterocycles. The number of carbonyl (C=O) groups excluding carboxylic acids is 1. The SMILES string of the molecule is CNC1CCC(C)CN(C2CCCCC2)C1=O. The first-order valence-electron chi connectivity index (χ1n) is 7.20. The molecule has 0 bridgehead atoms. The first kappa shape index (κ1) is 12.9. The summed E-state index contributed by atoms with van der Waals surface area (Å²) in [5.41, 5.74) is 0. The summed E-state index contributed by atoms with van der Waals surface area (Å²) >= 11 is 0. The van der Waals surface area contributed by atoms with Gasteiger partial charge in [-0.25, -0.2) is 0 Å². The van der Waals surface area contributed by atoms with Crippen LogP contribution >= 0.6 is 0 Å². The van der Waals surface area contributed by atoms with Crippen molar-refractivity contribution in [2.75, 3.05) is 13.6 Å². The molecule has 3 nitrogen and oxygen atoms in total. The highest BCUT2D eigenvalue weighted by molar-refractivity contribution is 5.82. The third-order valence-electron chi connectivity index (χ3n) is 4.40. The Morgan fingerprint density at radius 3 is 2.47 bits per heavy atom. The molecule has 0 aromatic heterocycles. The minimum Gasteiger partial charge on any atom is -0.338 e. The first-order valence-corrected chi connectivity index (χ1v) is 7.20. The second kappa shape index (κ2) is 5.85. The molecule has 3 heteroatoms. The van der Waals surface area contributed by atoms with E-state index in [1.54, 1.807) is 0 Å². The van der Waals surface area contributed by atoms with Crippen LogP contribution in [-0.2, 0) is 4.79 Å². The predicted molar refractivity (Wildman–Crippen MR) is 69.8 cm³/mol. The van der Waals surface area contributed by atoms with Gasteiger partial charge < -0.3 is 10.2 Å². The average molecular weight is 238 g/mol. The van der Waals surface area contributed by atoms with Crippen molar-refractivity contribution in [1.82, 2.24) is 10.2 Å². The minimum absolute atomic E-state index is 0.0573. The smallest absolute Gasteiger partial charge is 0.239 e. The largest absolute Gasteiger partial charge is 0.338 e. The lowest BCUT2D eigenvalue weighted by Gasteiger charge is -2.36. The molecule has 2 aliphatic rings. The maximum absolute atomic E-state index is 12.5. The number of likely N-dealkylation sites (N-methyl/N-ethyl adjacent to an activating group) is 1. The second-order valence-electron chi connectivity index (χ2n) is 5.81. The van der Waals surface area contributed by atoms with E-state index in [0.29, 0.717) is 17.9 Å². The number of rotatable bonds is 2. The Morgan fingerprint density at radius 1 is 1.12 bits per heavy atom. The van der Waals surface area contributed by atoms with Gasteiger partial charge in [-0.3, -0.25) is 4.79 Å². The number of likely N-dealkylation sites (tertiary alicyclic amines) is 1. The lowest BCUT2D eigenvalue weighted by Crippen LogP contribution is -2.49. The van der Waals surface area contributed by atoms with Gasteiger partial charge in [-0.2, -0.15) is 0 Å². The zero-order chi connectivity index (χ0) is 12.3. The van der Waals surface area contributed by atoms with Crippen LogP contribution in [0.5, 0.6) is 0 Å². The summed E-state index contributed by atoms with van der Waals surface area (Å²) in [6, 6.07) is 0.578.